The van der Waals surface area contributed by atoms with Crippen LogP contribution in [0.3, 0.4) is 0 Å². The Morgan fingerprint density at radius 3 is 2.26 bits per heavy atom. The molecule has 0 radical (unpaired) electrons. The van der Waals surface area contributed by atoms with Crippen molar-refractivity contribution in [3.8, 4) is 0 Å². The smallest absolute Gasteiger partial charge is 0.352 e. The van der Waals surface area contributed by atoms with Gasteiger partial charge in [0.25, 0.3) is 5.91 Å². The summed E-state index contributed by atoms with van der Waals surface area (Å²) in [5.41, 5.74) is 1.67. The summed E-state index contributed by atoms with van der Waals surface area (Å²) in [4.78, 5) is 12.3. The number of carbonyl (C=O) groups is 1. The molecule has 0 fully saturated rings. The first-order valence-electron chi connectivity index (χ1n) is 9.18. The molecule has 1 N–H and O–H groups in total. The molecule has 2 aromatic rings. The fourth-order valence-corrected chi connectivity index (χ4v) is 3.17. The van der Waals surface area contributed by atoms with Crippen LogP contribution in [0.25, 0.3) is 0 Å². The predicted molar refractivity (Wildman–Crippen MR) is 102 cm³/mol. The zero-order chi connectivity index (χ0) is 20.1. The Labute approximate surface area is 158 Å². The van der Waals surface area contributed by atoms with Gasteiger partial charge >= 0.3 is 6.18 Å². The lowest BCUT2D eigenvalue weighted by molar-refractivity contribution is -0.137. The van der Waals surface area contributed by atoms with Crippen molar-refractivity contribution in [1.29, 1.82) is 0 Å². The lowest BCUT2D eigenvalue weighted by atomic mass is 9.80. The Morgan fingerprint density at radius 2 is 1.67 bits per heavy atom. The number of nitrogens with one attached hydrogen (secondary N) is 1. The van der Waals surface area contributed by atoms with Crippen LogP contribution in [0.4, 0.5) is 13.2 Å². The summed E-state index contributed by atoms with van der Waals surface area (Å²) in [7, 11) is 0. The van der Waals surface area contributed by atoms with Gasteiger partial charge in [0.05, 0.1) is 5.56 Å². The summed E-state index contributed by atoms with van der Waals surface area (Å²) in [6, 6.07) is 12.7. The van der Waals surface area contributed by atoms with E-state index in [1.807, 2.05) is 12.1 Å². The van der Waals surface area contributed by atoms with E-state index in [-0.39, 0.29) is 17.9 Å². The normalized spacial score (nSPS) is 12.1. The van der Waals surface area contributed by atoms with Crippen LogP contribution in [0.15, 0.2) is 48.5 Å². The molecule has 0 saturated carbocycles. The second kappa shape index (κ2) is 8.59. The van der Waals surface area contributed by atoms with E-state index in [4.69, 9.17) is 0 Å². The maximum atomic E-state index is 12.7. The second-order valence-corrected chi connectivity index (χ2v) is 7.42. The van der Waals surface area contributed by atoms with E-state index < -0.39 is 11.7 Å². The van der Waals surface area contributed by atoms with Gasteiger partial charge in [0, 0.05) is 12.1 Å². The zero-order valence-electron chi connectivity index (χ0n) is 16.0. The summed E-state index contributed by atoms with van der Waals surface area (Å²) < 4.78 is 38.2. The molecule has 27 heavy (non-hydrogen) atoms. The summed E-state index contributed by atoms with van der Waals surface area (Å²) in [6.07, 6.45) is -1.86. The second-order valence-electron chi connectivity index (χ2n) is 7.42. The molecule has 0 unspecified atom stereocenters. The molecule has 0 heterocycles. The summed E-state index contributed by atoms with van der Waals surface area (Å²) in [5.74, 6) is -0.221. The van der Waals surface area contributed by atoms with E-state index in [0.29, 0.717) is 17.5 Å². The molecule has 2 nitrogen and oxygen atoms in total. The van der Waals surface area contributed by atoms with Gasteiger partial charge in [-0.1, -0.05) is 57.5 Å². The number of hydrogen-bond acceptors (Lipinski definition) is 1. The lowest BCUT2D eigenvalue weighted by Gasteiger charge is -2.24. The summed E-state index contributed by atoms with van der Waals surface area (Å²) in [5, 5.41) is 2.77. The van der Waals surface area contributed by atoms with Crippen LogP contribution < -0.4 is 5.32 Å². The standard InChI is InChI=1S/C22H26F3NO/c1-4-13-21(2,3)18-10-8-17(9-11-18)20(27)26-14-12-16-6-5-7-19(15-16)22(23,24)25/h5-11,15H,4,12-14H2,1-3H3,(H,26,27). The van der Waals surface area contributed by atoms with E-state index in [9.17, 15) is 18.0 Å². The molecule has 0 saturated heterocycles. The van der Waals surface area contributed by atoms with Gasteiger partial charge in [-0.25, -0.2) is 0 Å². The van der Waals surface area contributed by atoms with Crippen molar-refractivity contribution in [2.75, 3.05) is 6.54 Å². The zero-order valence-corrected chi connectivity index (χ0v) is 16.0. The van der Waals surface area contributed by atoms with Crippen LogP contribution in [0.2, 0.25) is 0 Å². The van der Waals surface area contributed by atoms with Gasteiger partial charge in [-0.05, 0) is 47.6 Å². The monoisotopic (exact) mass is 377 g/mol. The van der Waals surface area contributed by atoms with Crippen molar-refractivity contribution in [1.82, 2.24) is 5.32 Å². The molecular formula is C22H26F3NO. The van der Waals surface area contributed by atoms with E-state index in [0.717, 1.165) is 25.0 Å². The quantitative estimate of drug-likeness (QED) is 0.653. The SMILES string of the molecule is CCCC(C)(C)c1ccc(C(=O)NCCc2cccc(C(F)(F)F)c2)cc1. The summed E-state index contributed by atoms with van der Waals surface area (Å²) >= 11 is 0. The molecule has 0 aliphatic rings. The van der Waals surface area contributed by atoms with Crippen LogP contribution in [-0.4, -0.2) is 12.5 Å². The minimum atomic E-state index is -4.35. The third-order valence-electron chi connectivity index (χ3n) is 4.76. The highest BCUT2D eigenvalue weighted by Crippen LogP contribution is 2.30. The lowest BCUT2D eigenvalue weighted by Crippen LogP contribution is -2.26. The number of halogens is 3. The average Bonchev–Trinajstić information content (AvgIpc) is 2.61. The van der Waals surface area contributed by atoms with E-state index in [2.05, 4.69) is 26.1 Å². The highest BCUT2D eigenvalue weighted by atomic mass is 19.4. The number of hydrogen-bond donors (Lipinski definition) is 1. The Morgan fingerprint density at radius 1 is 1.00 bits per heavy atom. The average molecular weight is 377 g/mol. The van der Waals surface area contributed by atoms with Gasteiger partial charge in [-0.2, -0.15) is 13.2 Å². The third kappa shape index (κ3) is 5.84. The van der Waals surface area contributed by atoms with Crippen molar-refractivity contribution in [3.05, 3.63) is 70.8 Å². The first-order valence-corrected chi connectivity index (χ1v) is 9.18. The van der Waals surface area contributed by atoms with Gasteiger partial charge in [-0.3, -0.25) is 4.79 Å². The largest absolute Gasteiger partial charge is 0.416 e. The number of alkyl halides is 3. The van der Waals surface area contributed by atoms with Crippen LogP contribution in [0.5, 0.6) is 0 Å². The van der Waals surface area contributed by atoms with Crippen LogP contribution in [-0.2, 0) is 18.0 Å². The Kier molecular flexibility index (Phi) is 6.68. The maximum Gasteiger partial charge on any atom is 0.416 e. The predicted octanol–water partition coefficient (Wildman–Crippen LogP) is 5.76. The minimum Gasteiger partial charge on any atom is -0.352 e. The van der Waals surface area contributed by atoms with Crippen molar-refractivity contribution < 1.29 is 18.0 Å². The number of benzene rings is 2. The van der Waals surface area contributed by atoms with Gasteiger partial charge in [0.2, 0.25) is 0 Å². The molecule has 5 heteroatoms. The first kappa shape index (κ1) is 21.0. The van der Waals surface area contributed by atoms with Crippen LogP contribution >= 0.6 is 0 Å². The molecule has 0 atom stereocenters. The molecule has 0 aliphatic heterocycles. The highest BCUT2D eigenvalue weighted by molar-refractivity contribution is 5.94. The topological polar surface area (TPSA) is 29.1 Å². The van der Waals surface area contributed by atoms with Crippen molar-refractivity contribution in [2.45, 2.75) is 51.6 Å². The Hall–Kier alpha value is -2.30. The van der Waals surface area contributed by atoms with Gasteiger partial charge in [0.15, 0.2) is 0 Å². The van der Waals surface area contributed by atoms with Crippen molar-refractivity contribution >= 4 is 5.91 Å². The number of amides is 1. The molecule has 2 rings (SSSR count). The molecule has 146 valence electrons. The molecule has 0 bridgehead atoms. The Bertz CT molecular complexity index is 764. The third-order valence-corrected chi connectivity index (χ3v) is 4.76. The fraction of sp³-hybridized carbons (Fsp3) is 0.409. The van der Waals surface area contributed by atoms with E-state index in [1.54, 1.807) is 18.2 Å². The molecular weight excluding hydrogens is 351 g/mol. The fourth-order valence-electron chi connectivity index (χ4n) is 3.17. The molecule has 0 spiro atoms. The van der Waals surface area contributed by atoms with Crippen molar-refractivity contribution in [3.63, 3.8) is 0 Å². The van der Waals surface area contributed by atoms with Gasteiger partial charge < -0.3 is 5.32 Å². The van der Waals surface area contributed by atoms with Crippen molar-refractivity contribution in [2.24, 2.45) is 0 Å². The highest BCUT2D eigenvalue weighted by Gasteiger charge is 2.30. The minimum absolute atomic E-state index is 0.0628. The number of carbonyl (C=O) groups excluding carboxylic acids is 1. The van der Waals surface area contributed by atoms with Crippen LogP contribution in [0.1, 0.15) is 60.7 Å². The molecule has 0 aliphatic carbocycles. The molecule has 1 amide bonds. The van der Waals surface area contributed by atoms with E-state index in [1.165, 1.54) is 11.6 Å². The maximum absolute atomic E-state index is 12.7. The molecule has 0 aromatic heterocycles. The molecule has 2 aromatic carbocycles. The van der Waals surface area contributed by atoms with Crippen LogP contribution in [0, 0.1) is 0 Å². The first-order chi connectivity index (χ1) is 12.6. The number of rotatable bonds is 7. The van der Waals surface area contributed by atoms with Gasteiger partial charge in [0.1, 0.15) is 0 Å². The van der Waals surface area contributed by atoms with Gasteiger partial charge in [-0.15, -0.1) is 0 Å². The van der Waals surface area contributed by atoms with E-state index >= 15 is 0 Å². The summed E-state index contributed by atoms with van der Waals surface area (Å²) in [6.45, 7) is 6.79. The Balaban J connectivity index is 1.93.